The second-order valence-electron chi connectivity index (χ2n) is 20.3. The summed E-state index contributed by atoms with van der Waals surface area (Å²) in [7, 11) is 0. The number of cyclic esters (lactones) is 1. The van der Waals surface area contributed by atoms with Crippen LogP contribution in [0.1, 0.15) is 117 Å². The maximum Gasteiger partial charge on any atom is 0.343 e. The smallest absolute Gasteiger partial charge is 0.343 e. The molecule has 23 heteroatoms. The average molecular weight is 1080 g/mol. The van der Waals surface area contributed by atoms with Crippen molar-refractivity contribution in [3.05, 3.63) is 97.6 Å². The third-order valence-electron chi connectivity index (χ3n) is 14.8. The molecule has 1 aliphatic carbocycles. The van der Waals surface area contributed by atoms with E-state index in [1.165, 1.54) is 15.5 Å². The van der Waals surface area contributed by atoms with Gasteiger partial charge in [-0.1, -0.05) is 50.6 Å². The molecule has 1 fully saturated rings. The zero-order valence-corrected chi connectivity index (χ0v) is 43.9. The Labute approximate surface area is 447 Å². The summed E-state index contributed by atoms with van der Waals surface area (Å²) in [5.41, 5.74) is 2.07. The number of nitrogens with zero attached hydrogens (tertiary/aromatic N) is 3. The molecule has 7 N–H and O–H groups in total. The number of aliphatic hydroxyl groups is 1. The van der Waals surface area contributed by atoms with E-state index in [-0.39, 0.29) is 92.7 Å². The zero-order chi connectivity index (χ0) is 56.0. The number of nitrogens with one attached hydrogen (secondary N) is 6. The molecule has 2 aromatic carbocycles. The Hall–Kier alpha value is -7.92. The molecule has 0 saturated carbocycles. The van der Waals surface area contributed by atoms with Crippen LogP contribution in [0.15, 0.2) is 47.3 Å². The number of hydrogen-bond acceptors (Lipinski definition) is 14. The first kappa shape index (κ1) is 56.3. The summed E-state index contributed by atoms with van der Waals surface area (Å²) in [5, 5.41) is 27.7. The number of carbonyl (C=O) groups is 9. The number of aryl methyl sites for hydroxylation is 1. The normalized spacial score (nSPS) is 18.7. The fourth-order valence-electron chi connectivity index (χ4n) is 10.5. The largest absolute Gasteiger partial charge is 0.458 e. The number of esters is 1. The van der Waals surface area contributed by atoms with Gasteiger partial charge in [-0.15, -0.1) is 0 Å². The van der Waals surface area contributed by atoms with E-state index < -0.39 is 84.4 Å². The van der Waals surface area contributed by atoms with E-state index in [2.05, 4.69) is 31.9 Å². The molecule has 0 spiro atoms. The standard InChI is InChI=1S/C55H64FN9O13/c1-5-55(76)36-21-41-50-34(26-65(41)53(74)35(36)27-77-54(55)75)49-38(16-15-33-31(4)37(56)22-39(63-50)48(33)49)61-43(67)19-30(3)78-28-60-45(69)24-59-51(72)40(20-32-12-8-6-9-13-32)62-46(70)25-58-44(68)23-57-42(66)14-10-7-11-17-64-47(71)18-29(2)52(64)73/h6,8-9,12-13,21-22,29-30,38,40,76H,5,7,10-11,14-20,23-28H2,1-4H3,(H,57,66)(H,58,68)(H,59,72)(H,60,69)(H,61,67)(H,62,70)/t29?,30?,38-,40-,55-/m0/s1. The van der Waals surface area contributed by atoms with Gasteiger partial charge in [0.15, 0.2) is 5.60 Å². The molecule has 2 aromatic heterocycles. The summed E-state index contributed by atoms with van der Waals surface area (Å²) in [5.74, 6) is -5.45. The van der Waals surface area contributed by atoms with Crippen LogP contribution < -0.4 is 37.5 Å². The number of amides is 8. The molecule has 414 valence electrons. The third kappa shape index (κ3) is 12.3. The molecule has 0 radical (unpaired) electrons. The van der Waals surface area contributed by atoms with Crippen molar-refractivity contribution >= 4 is 64.1 Å². The Kier molecular flexibility index (Phi) is 17.4. The first-order valence-corrected chi connectivity index (χ1v) is 26.3. The van der Waals surface area contributed by atoms with Crippen molar-refractivity contribution in [2.45, 2.75) is 129 Å². The lowest BCUT2D eigenvalue weighted by molar-refractivity contribution is -0.172. The monoisotopic (exact) mass is 1080 g/mol. The Morgan fingerprint density at radius 1 is 0.897 bits per heavy atom. The van der Waals surface area contributed by atoms with E-state index in [0.717, 1.165) is 5.56 Å². The number of carbonyl (C=O) groups excluding carboxylic acids is 9. The molecule has 22 nitrogen and oxygen atoms in total. The van der Waals surface area contributed by atoms with Gasteiger partial charge in [0.25, 0.3) is 5.56 Å². The van der Waals surface area contributed by atoms with Crippen LogP contribution in [0.2, 0.25) is 0 Å². The number of halogens is 1. The summed E-state index contributed by atoms with van der Waals surface area (Å²) in [6, 6.07) is 9.98. The molecule has 5 atom stereocenters. The molecule has 1 saturated heterocycles. The fraction of sp³-hybridized carbons (Fsp3) is 0.473. The van der Waals surface area contributed by atoms with E-state index in [9.17, 15) is 53.1 Å². The summed E-state index contributed by atoms with van der Waals surface area (Å²) in [4.78, 5) is 135. The van der Waals surface area contributed by atoms with Gasteiger partial charge in [-0.2, -0.15) is 0 Å². The van der Waals surface area contributed by atoms with Gasteiger partial charge in [-0.05, 0) is 74.3 Å². The zero-order valence-electron chi connectivity index (χ0n) is 43.9. The molecule has 2 unspecified atom stereocenters. The number of pyridine rings is 2. The van der Waals surface area contributed by atoms with Crippen LogP contribution in [0.5, 0.6) is 0 Å². The van der Waals surface area contributed by atoms with Crippen LogP contribution in [0.3, 0.4) is 0 Å². The predicted molar refractivity (Wildman–Crippen MR) is 277 cm³/mol. The Morgan fingerprint density at radius 2 is 1.62 bits per heavy atom. The van der Waals surface area contributed by atoms with Crippen molar-refractivity contribution in [2.75, 3.05) is 32.9 Å². The highest BCUT2D eigenvalue weighted by molar-refractivity contribution is 6.03. The lowest BCUT2D eigenvalue weighted by atomic mass is 9.81. The van der Waals surface area contributed by atoms with Crippen LogP contribution in [0.4, 0.5) is 4.39 Å². The predicted octanol–water partition coefficient (Wildman–Crippen LogP) is 1.53. The topological polar surface area (TPSA) is 303 Å². The summed E-state index contributed by atoms with van der Waals surface area (Å²) in [6.07, 6.45) is 1.97. The van der Waals surface area contributed by atoms with Gasteiger partial charge < -0.3 is 51.0 Å². The van der Waals surface area contributed by atoms with Gasteiger partial charge in [0, 0.05) is 54.3 Å². The minimum absolute atomic E-state index is 0.0422. The molecule has 8 amide bonds. The molecular weight excluding hydrogens is 1010 g/mol. The highest BCUT2D eigenvalue weighted by atomic mass is 19.1. The first-order valence-electron chi connectivity index (χ1n) is 26.3. The van der Waals surface area contributed by atoms with Gasteiger partial charge in [0.1, 0.15) is 25.2 Å². The molecular formula is C55H64FN9O13. The Morgan fingerprint density at radius 3 is 2.35 bits per heavy atom. The number of rotatable bonds is 23. The van der Waals surface area contributed by atoms with Gasteiger partial charge in [-0.3, -0.25) is 48.1 Å². The highest BCUT2D eigenvalue weighted by Gasteiger charge is 2.46. The van der Waals surface area contributed by atoms with Crippen molar-refractivity contribution in [3.8, 4) is 11.4 Å². The van der Waals surface area contributed by atoms with E-state index >= 15 is 4.39 Å². The van der Waals surface area contributed by atoms with Crippen molar-refractivity contribution in [1.29, 1.82) is 0 Å². The third-order valence-corrected chi connectivity index (χ3v) is 14.8. The first-order chi connectivity index (χ1) is 37.3. The van der Waals surface area contributed by atoms with Crippen LogP contribution >= 0.6 is 0 Å². The number of likely N-dealkylation sites (tertiary alicyclic amines) is 1. The minimum atomic E-state index is -2.04. The molecule has 5 heterocycles. The minimum Gasteiger partial charge on any atom is -0.458 e. The Bertz CT molecular complexity index is 3150. The molecule has 8 rings (SSSR count). The van der Waals surface area contributed by atoms with Crippen molar-refractivity contribution < 1.29 is 62.1 Å². The van der Waals surface area contributed by atoms with Gasteiger partial charge in [0.05, 0.1) is 67.2 Å². The number of benzene rings is 2. The Balaban J connectivity index is 0.795. The summed E-state index contributed by atoms with van der Waals surface area (Å²) >= 11 is 0. The van der Waals surface area contributed by atoms with Crippen molar-refractivity contribution in [3.63, 3.8) is 0 Å². The van der Waals surface area contributed by atoms with Crippen LogP contribution in [-0.4, -0.2) is 118 Å². The number of unbranched alkanes of at least 4 members (excludes halogenated alkanes) is 2. The van der Waals surface area contributed by atoms with Crippen molar-refractivity contribution in [1.82, 2.24) is 46.4 Å². The van der Waals surface area contributed by atoms with Gasteiger partial charge in [-0.25, -0.2) is 14.2 Å². The van der Waals surface area contributed by atoms with Crippen LogP contribution in [0, 0.1) is 18.7 Å². The molecule has 3 aliphatic heterocycles. The number of fused-ring (bicyclic) bond motifs is 5. The number of imide groups is 1. The van der Waals surface area contributed by atoms with Gasteiger partial charge in [0.2, 0.25) is 47.3 Å². The fourth-order valence-corrected chi connectivity index (χ4v) is 10.5. The molecule has 0 bridgehead atoms. The van der Waals surface area contributed by atoms with Crippen LogP contribution in [-0.2, 0) is 84.2 Å². The average Bonchev–Trinajstić information content (AvgIpc) is 4.07. The van der Waals surface area contributed by atoms with Crippen molar-refractivity contribution in [2.24, 2.45) is 5.92 Å². The summed E-state index contributed by atoms with van der Waals surface area (Å²) in [6.45, 7) is 5.00. The SMILES string of the molecule is CC[C@@]1(O)C(=O)OCc2c1cc1n(c2=O)Cc2c-1nc1cc(F)c(C)c3c1c2[C@@H](NC(=O)CC(C)OCNC(=O)CNC(=O)[C@H](Cc1ccccc1)NC(=O)CNC(=O)CNC(=O)CCCCCN1C(=O)CC(C)C1=O)CC3. The molecule has 4 aliphatic rings. The lowest BCUT2D eigenvalue weighted by Gasteiger charge is -2.31. The lowest BCUT2D eigenvalue weighted by Crippen LogP contribution is -2.52. The maximum atomic E-state index is 15.4. The van der Waals surface area contributed by atoms with Gasteiger partial charge >= 0.3 is 5.97 Å². The van der Waals surface area contributed by atoms with E-state index in [1.54, 1.807) is 64.1 Å². The quantitative estimate of drug-likeness (QED) is 0.0211. The van der Waals surface area contributed by atoms with E-state index in [4.69, 9.17) is 14.5 Å². The highest BCUT2D eigenvalue weighted by Crippen LogP contribution is 2.46. The summed E-state index contributed by atoms with van der Waals surface area (Å²) < 4.78 is 27.9. The van der Waals surface area contributed by atoms with E-state index in [1.807, 2.05) is 0 Å². The maximum absolute atomic E-state index is 15.4. The number of ether oxygens (including phenoxy) is 2. The van der Waals surface area contributed by atoms with Crippen LogP contribution in [0.25, 0.3) is 22.3 Å². The molecule has 78 heavy (non-hydrogen) atoms. The second-order valence-corrected chi connectivity index (χ2v) is 20.3. The van der Waals surface area contributed by atoms with E-state index in [0.29, 0.717) is 83.2 Å². The second kappa shape index (κ2) is 24.2. The number of hydrogen-bond donors (Lipinski definition) is 7. The molecule has 4 aromatic rings. The number of aromatic nitrogens is 2.